The molecule has 5 nitrogen and oxygen atoms in total. The maximum absolute atomic E-state index is 10.4. The fourth-order valence-electron chi connectivity index (χ4n) is 1.20. The molecule has 0 bridgehead atoms. The fraction of sp³-hybridized carbons (Fsp3) is 0.875. The quantitative estimate of drug-likeness (QED) is 0.550. The topological polar surface area (TPSA) is 76.0 Å². The molecule has 1 aliphatic rings. The number of carbonyl (C=O) groups is 1. The molecule has 1 rings (SSSR count). The Morgan fingerprint density at radius 2 is 2.31 bits per heavy atom. The molecule has 0 spiro atoms. The van der Waals surface area contributed by atoms with Crippen LogP contribution in [0.2, 0.25) is 0 Å². The molecule has 1 aliphatic heterocycles. The van der Waals surface area contributed by atoms with Gasteiger partial charge in [0.05, 0.1) is 18.8 Å². The van der Waals surface area contributed by atoms with Crippen LogP contribution >= 0.6 is 0 Å². The second kappa shape index (κ2) is 4.55. The van der Waals surface area contributed by atoms with Gasteiger partial charge in [0.15, 0.2) is 0 Å². The van der Waals surface area contributed by atoms with Crippen molar-refractivity contribution >= 4 is 5.97 Å². The summed E-state index contributed by atoms with van der Waals surface area (Å²) in [7, 11) is 0. The Morgan fingerprint density at radius 3 is 2.85 bits per heavy atom. The lowest BCUT2D eigenvalue weighted by molar-refractivity contribution is -0.162. The Kier molecular flexibility index (Phi) is 3.65. The first-order valence-corrected chi connectivity index (χ1v) is 4.20. The average molecular weight is 190 g/mol. The number of hydrogen-bond acceptors (Lipinski definition) is 5. The molecule has 0 aromatic carbocycles. The van der Waals surface area contributed by atoms with Crippen molar-refractivity contribution < 1.29 is 24.5 Å². The molecular weight excluding hydrogens is 176 g/mol. The lowest BCUT2D eigenvalue weighted by Gasteiger charge is -2.30. The molecule has 2 N–H and O–H groups in total. The first-order valence-electron chi connectivity index (χ1n) is 4.20. The molecule has 1 heterocycles. The molecular formula is C8H14O5. The minimum absolute atomic E-state index is 0.0449. The van der Waals surface area contributed by atoms with Crippen LogP contribution in [-0.2, 0) is 14.3 Å². The summed E-state index contributed by atoms with van der Waals surface area (Å²) in [5, 5.41) is 18.5. The minimum Gasteiger partial charge on any atom is -0.463 e. The van der Waals surface area contributed by atoms with Gasteiger partial charge >= 0.3 is 5.97 Å². The van der Waals surface area contributed by atoms with Crippen LogP contribution in [0.3, 0.4) is 0 Å². The summed E-state index contributed by atoms with van der Waals surface area (Å²) in [4.78, 5) is 10.4. The highest BCUT2D eigenvalue weighted by Gasteiger charge is 2.29. The fourth-order valence-corrected chi connectivity index (χ4v) is 1.20. The monoisotopic (exact) mass is 190 g/mol. The Labute approximate surface area is 76.3 Å². The number of carbonyl (C=O) groups excluding carboxylic acids is 1. The van der Waals surface area contributed by atoms with Gasteiger partial charge in [-0.05, 0) is 0 Å². The van der Waals surface area contributed by atoms with Crippen molar-refractivity contribution in [2.75, 3.05) is 13.2 Å². The molecule has 0 aromatic rings. The third-order valence-corrected chi connectivity index (χ3v) is 1.90. The molecule has 0 unspecified atom stereocenters. The first-order chi connectivity index (χ1) is 6.09. The molecule has 76 valence electrons. The van der Waals surface area contributed by atoms with Crippen molar-refractivity contribution in [1.29, 1.82) is 0 Å². The summed E-state index contributed by atoms with van der Waals surface area (Å²) in [6.07, 6.45) is -1.62. The molecule has 0 aliphatic carbocycles. The number of hydrogen-bond donors (Lipinski definition) is 2. The third-order valence-electron chi connectivity index (χ3n) is 1.90. The zero-order chi connectivity index (χ0) is 9.84. The van der Waals surface area contributed by atoms with E-state index in [0.29, 0.717) is 0 Å². The summed E-state index contributed by atoms with van der Waals surface area (Å²) in [6.45, 7) is 1.52. The largest absolute Gasteiger partial charge is 0.463 e. The minimum atomic E-state index is -0.761. The smallest absolute Gasteiger partial charge is 0.302 e. The van der Waals surface area contributed by atoms with Crippen LogP contribution in [0.25, 0.3) is 0 Å². The van der Waals surface area contributed by atoms with Gasteiger partial charge in [-0.1, -0.05) is 0 Å². The summed E-state index contributed by atoms with van der Waals surface area (Å²) in [5.74, 6) is -0.401. The van der Waals surface area contributed by atoms with E-state index in [4.69, 9.17) is 9.84 Å². The molecule has 0 amide bonds. The van der Waals surface area contributed by atoms with Crippen molar-refractivity contribution in [3.05, 3.63) is 0 Å². The highest BCUT2D eigenvalue weighted by Crippen LogP contribution is 2.14. The highest BCUT2D eigenvalue weighted by molar-refractivity contribution is 5.65. The Hall–Kier alpha value is -0.650. The SMILES string of the molecule is CC(=O)OC[C@H]1OC[C@@H](O)C[C@@H]1O. The predicted octanol–water partition coefficient (Wildman–Crippen LogP) is -0.940. The van der Waals surface area contributed by atoms with Crippen LogP contribution in [0.5, 0.6) is 0 Å². The van der Waals surface area contributed by atoms with Crippen molar-refractivity contribution in [3.8, 4) is 0 Å². The lowest BCUT2D eigenvalue weighted by atomic mass is 10.0. The molecule has 0 radical (unpaired) electrons. The van der Waals surface area contributed by atoms with Crippen molar-refractivity contribution in [2.24, 2.45) is 0 Å². The maximum atomic E-state index is 10.4. The van der Waals surface area contributed by atoms with Gasteiger partial charge in [0.25, 0.3) is 0 Å². The highest BCUT2D eigenvalue weighted by atomic mass is 16.6. The van der Waals surface area contributed by atoms with E-state index in [1.807, 2.05) is 0 Å². The number of aliphatic hydroxyl groups is 2. The Bertz CT molecular complexity index is 181. The van der Waals surface area contributed by atoms with Crippen LogP contribution in [-0.4, -0.2) is 47.7 Å². The van der Waals surface area contributed by atoms with E-state index < -0.39 is 24.3 Å². The van der Waals surface area contributed by atoms with Crippen LogP contribution in [0.1, 0.15) is 13.3 Å². The average Bonchev–Trinajstić information content (AvgIpc) is 2.02. The number of aliphatic hydroxyl groups excluding tert-OH is 2. The van der Waals surface area contributed by atoms with E-state index in [0.717, 1.165) is 0 Å². The van der Waals surface area contributed by atoms with Crippen molar-refractivity contribution in [3.63, 3.8) is 0 Å². The number of esters is 1. The zero-order valence-corrected chi connectivity index (χ0v) is 7.47. The summed E-state index contributed by atoms with van der Waals surface area (Å²) in [6, 6.07) is 0. The van der Waals surface area contributed by atoms with E-state index in [9.17, 15) is 9.90 Å². The number of ether oxygens (including phenoxy) is 2. The summed E-state index contributed by atoms with van der Waals surface area (Å²) in [5.41, 5.74) is 0. The van der Waals surface area contributed by atoms with Crippen LogP contribution in [0.4, 0.5) is 0 Å². The molecule has 0 aromatic heterocycles. The van der Waals surface area contributed by atoms with Gasteiger partial charge in [0, 0.05) is 13.3 Å². The summed E-state index contributed by atoms with van der Waals surface area (Å²) >= 11 is 0. The maximum Gasteiger partial charge on any atom is 0.302 e. The second-order valence-electron chi connectivity index (χ2n) is 3.13. The first kappa shape index (κ1) is 10.4. The zero-order valence-electron chi connectivity index (χ0n) is 7.47. The van der Waals surface area contributed by atoms with Gasteiger partial charge in [-0.2, -0.15) is 0 Å². The second-order valence-corrected chi connectivity index (χ2v) is 3.13. The molecule has 13 heavy (non-hydrogen) atoms. The predicted molar refractivity (Wildman–Crippen MR) is 43.0 cm³/mol. The van der Waals surface area contributed by atoms with Gasteiger partial charge in [-0.25, -0.2) is 0 Å². The van der Waals surface area contributed by atoms with E-state index in [1.165, 1.54) is 6.92 Å². The third kappa shape index (κ3) is 3.30. The van der Waals surface area contributed by atoms with Crippen LogP contribution in [0, 0.1) is 0 Å². The summed E-state index contributed by atoms with van der Waals surface area (Å²) < 4.78 is 9.76. The molecule has 0 saturated carbocycles. The van der Waals surface area contributed by atoms with Crippen molar-refractivity contribution in [1.82, 2.24) is 0 Å². The Morgan fingerprint density at radius 1 is 1.62 bits per heavy atom. The van der Waals surface area contributed by atoms with Crippen LogP contribution < -0.4 is 0 Å². The van der Waals surface area contributed by atoms with E-state index in [2.05, 4.69) is 4.74 Å². The van der Waals surface area contributed by atoms with Gasteiger partial charge < -0.3 is 19.7 Å². The van der Waals surface area contributed by atoms with Gasteiger partial charge in [0.1, 0.15) is 12.7 Å². The van der Waals surface area contributed by atoms with Gasteiger partial charge in [-0.15, -0.1) is 0 Å². The normalized spacial score (nSPS) is 34.2. The van der Waals surface area contributed by atoms with E-state index >= 15 is 0 Å². The molecule has 3 atom stereocenters. The van der Waals surface area contributed by atoms with E-state index in [-0.39, 0.29) is 19.6 Å². The molecule has 1 fully saturated rings. The van der Waals surface area contributed by atoms with Crippen molar-refractivity contribution in [2.45, 2.75) is 31.7 Å². The number of rotatable bonds is 2. The van der Waals surface area contributed by atoms with Gasteiger partial charge in [-0.3, -0.25) is 4.79 Å². The molecule has 1 saturated heterocycles. The molecule has 5 heteroatoms. The Balaban J connectivity index is 2.29. The van der Waals surface area contributed by atoms with Gasteiger partial charge in [0.2, 0.25) is 0 Å². The lowest BCUT2D eigenvalue weighted by Crippen LogP contribution is -2.43. The van der Waals surface area contributed by atoms with Crippen LogP contribution in [0.15, 0.2) is 0 Å². The van der Waals surface area contributed by atoms with E-state index in [1.54, 1.807) is 0 Å². The standard InChI is InChI=1S/C8H14O5/c1-5(9)12-4-8-7(11)2-6(10)3-13-8/h6-8,10-11H,2-4H2,1H3/t6-,7-,8+/m0/s1.